The zero-order valence-corrected chi connectivity index (χ0v) is 19.4. The Morgan fingerprint density at radius 3 is 2.69 bits per heavy atom. The highest BCUT2D eigenvalue weighted by atomic mass is 127. The average Bonchev–Trinajstić information content (AvgIpc) is 3.37. The van der Waals surface area contributed by atoms with Crippen molar-refractivity contribution < 1.29 is 14.1 Å². The van der Waals surface area contributed by atoms with E-state index in [2.05, 4.69) is 69.5 Å². The molecule has 0 fully saturated rings. The number of aromatic nitrogens is 6. The van der Waals surface area contributed by atoms with Crippen LogP contribution < -0.4 is 10.6 Å². The highest BCUT2D eigenvalue weighted by molar-refractivity contribution is 14.1. The second kappa shape index (κ2) is 9.47. The lowest BCUT2D eigenvalue weighted by molar-refractivity contribution is -0.121. The average molecular weight is 577 g/mol. The van der Waals surface area contributed by atoms with Gasteiger partial charge in [0, 0.05) is 19.3 Å². The molecule has 0 spiro atoms. The second-order valence-corrected chi connectivity index (χ2v) is 8.16. The summed E-state index contributed by atoms with van der Waals surface area (Å²) in [6, 6.07) is 0. The van der Waals surface area contributed by atoms with Crippen LogP contribution in [-0.2, 0) is 17.9 Å². The van der Waals surface area contributed by atoms with Gasteiger partial charge in [-0.25, -0.2) is 0 Å². The van der Waals surface area contributed by atoms with Gasteiger partial charge in [0.05, 0.1) is 25.6 Å². The van der Waals surface area contributed by atoms with E-state index in [4.69, 9.17) is 4.52 Å². The Balaban J connectivity index is 1.40. The monoisotopic (exact) mass is 576 g/mol. The molecule has 2 N–H and O–H groups in total. The number of hydrogen-bond acceptors (Lipinski definition) is 7. The molecule has 0 aromatic carbocycles. The van der Waals surface area contributed by atoms with Crippen LogP contribution >= 0.6 is 38.5 Å². The quantitative estimate of drug-likeness (QED) is 0.302. The number of nitrogens with zero attached hydrogens (tertiary/aromatic N) is 6. The van der Waals surface area contributed by atoms with Crippen LogP contribution in [-0.4, -0.2) is 54.6 Å². The third kappa shape index (κ3) is 5.62. The molecular weight excluding hydrogens is 559 g/mol. The van der Waals surface area contributed by atoms with E-state index < -0.39 is 5.91 Å². The molecule has 0 saturated carbocycles. The van der Waals surface area contributed by atoms with E-state index in [1.54, 1.807) is 15.6 Å². The predicted octanol–water partition coefficient (Wildman–Crippen LogP) is 1.04. The largest absolute Gasteiger partial charge is 0.353 e. The molecule has 154 valence electrons. The van der Waals surface area contributed by atoms with Crippen LogP contribution in [0.2, 0.25) is 0 Å². The molecule has 0 radical (unpaired) electrons. The molecular formula is C16H18BrIN8O3. The molecule has 0 saturated heterocycles. The van der Waals surface area contributed by atoms with Crippen molar-refractivity contribution >= 4 is 50.3 Å². The molecule has 0 aliphatic heterocycles. The van der Waals surface area contributed by atoms with E-state index in [1.807, 2.05) is 20.0 Å². The highest BCUT2D eigenvalue weighted by Gasteiger charge is 2.16. The summed E-state index contributed by atoms with van der Waals surface area (Å²) < 4.78 is 10.1. The molecule has 3 aromatic rings. The molecule has 3 heterocycles. The van der Waals surface area contributed by atoms with Crippen molar-refractivity contribution in [3.63, 3.8) is 0 Å². The molecule has 2 amide bonds. The Morgan fingerprint density at radius 1 is 1.28 bits per heavy atom. The third-order valence-electron chi connectivity index (χ3n) is 3.89. The fraction of sp³-hybridized carbons (Fsp3) is 0.375. The van der Waals surface area contributed by atoms with Gasteiger partial charge in [0.1, 0.15) is 13.1 Å². The van der Waals surface area contributed by atoms with Gasteiger partial charge in [0.25, 0.3) is 0 Å². The van der Waals surface area contributed by atoms with E-state index in [0.717, 1.165) is 19.4 Å². The van der Waals surface area contributed by atoms with Gasteiger partial charge in [-0.3, -0.25) is 19.0 Å². The lowest BCUT2D eigenvalue weighted by Gasteiger charge is -2.07. The maximum absolute atomic E-state index is 12.1. The molecule has 0 bridgehead atoms. The van der Waals surface area contributed by atoms with Crippen LogP contribution in [0, 0.1) is 17.4 Å². The first kappa shape index (κ1) is 21.4. The summed E-state index contributed by atoms with van der Waals surface area (Å²) in [5, 5.41) is 17.5. The molecule has 3 aromatic heterocycles. The van der Waals surface area contributed by atoms with E-state index in [0.29, 0.717) is 12.4 Å². The van der Waals surface area contributed by atoms with Crippen LogP contribution in [0.3, 0.4) is 0 Å². The Morgan fingerprint density at radius 2 is 2.03 bits per heavy atom. The Labute approximate surface area is 187 Å². The van der Waals surface area contributed by atoms with Crippen molar-refractivity contribution in [3.8, 4) is 0 Å². The molecule has 0 aliphatic carbocycles. The zero-order valence-electron chi connectivity index (χ0n) is 15.6. The number of amides is 2. The van der Waals surface area contributed by atoms with Gasteiger partial charge >= 0.3 is 11.8 Å². The van der Waals surface area contributed by atoms with Gasteiger partial charge in [-0.2, -0.15) is 15.2 Å². The summed E-state index contributed by atoms with van der Waals surface area (Å²) in [5.74, 6) is -0.499. The van der Waals surface area contributed by atoms with E-state index in [1.165, 1.54) is 0 Å². The molecule has 29 heavy (non-hydrogen) atoms. The van der Waals surface area contributed by atoms with Crippen molar-refractivity contribution in [1.29, 1.82) is 0 Å². The van der Waals surface area contributed by atoms with Crippen molar-refractivity contribution in [2.24, 2.45) is 0 Å². The summed E-state index contributed by atoms with van der Waals surface area (Å²) in [6.45, 7) is 4.63. The molecule has 3 rings (SSSR count). The summed E-state index contributed by atoms with van der Waals surface area (Å²) in [6.07, 6.45) is 3.53. The SMILES string of the molecule is Cc1nn(CC(=O)NCCNC(=O)c2nc(Cn3cc(I)cn3)no2)c(C)c1Br. The first-order valence-electron chi connectivity index (χ1n) is 8.58. The van der Waals surface area contributed by atoms with Crippen LogP contribution in [0.25, 0.3) is 0 Å². The fourth-order valence-electron chi connectivity index (χ4n) is 2.45. The lowest BCUT2D eigenvalue weighted by Crippen LogP contribution is -2.36. The van der Waals surface area contributed by atoms with Crippen LogP contribution in [0.15, 0.2) is 21.4 Å². The first-order chi connectivity index (χ1) is 13.8. The number of rotatable bonds is 8. The van der Waals surface area contributed by atoms with Gasteiger partial charge in [0.2, 0.25) is 5.91 Å². The smallest absolute Gasteiger partial charge is 0.316 e. The topological polar surface area (TPSA) is 133 Å². The normalized spacial score (nSPS) is 10.9. The molecule has 11 nitrogen and oxygen atoms in total. The summed E-state index contributed by atoms with van der Waals surface area (Å²) >= 11 is 5.57. The Kier molecular flexibility index (Phi) is 7.00. The minimum Gasteiger partial charge on any atom is -0.353 e. The highest BCUT2D eigenvalue weighted by Crippen LogP contribution is 2.19. The molecule has 0 atom stereocenters. The second-order valence-electron chi connectivity index (χ2n) is 6.12. The van der Waals surface area contributed by atoms with Crippen LogP contribution in [0.1, 0.15) is 27.9 Å². The first-order valence-corrected chi connectivity index (χ1v) is 10.5. The van der Waals surface area contributed by atoms with E-state index in [9.17, 15) is 9.59 Å². The van der Waals surface area contributed by atoms with Crippen molar-refractivity contribution in [1.82, 2.24) is 40.3 Å². The lowest BCUT2D eigenvalue weighted by atomic mass is 10.4. The fourth-order valence-corrected chi connectivity index (χ4v) is 3.18. The number of halogens is 2. The molecule has 0 unspecified atom stereocenters. The van der Waals surface area contributed by atoms with Gasteiger partial charge in [-0.05, 0) is 52.4 Å². The van der Waals surface area contributed by atoms with Gasteiger partial charge in [-0.1, -0.05) is 5.16 Å². The van der Waals surface area contributed by atoms with Gasteiger partial charge in [0.15, 0.2) is 5.82 Å². The van der Waals surface area contributed by atoms with Crippen molar-refractivity contribution in [2.45, 2.75) is 26.9 Å². The Bertz CT molecular complexity index is 1030. The summed E-state index contributed by atoms with van der Waals surface area (Å²) in [7, 11) is 0. The van der Waals surface area contributed by atoms with Crippen LogP contribution in [0.4, 0.5) is 0 Å². The number of carbonyl (C=O) groups excluding carboxylic acids is 2. The standard InChI is InChI=1S/C16H18BrIN8O3/c1-9-14(17)10(2)26(23-9)8-13(27)19-3-4-20-15(28)16-22-12(24-29-16)7-25-6-11(18)5-21-25/h5-6H,3-4,7-8H2,1-2H3,(H,19,27)(H,20,28). The Hall–Kier alpha value is -2.29. The maximum atomic E-state index is 12.1. The van der Waals surface area contributed by atoms with E-state index in [-0.39, 0.29) is 31.4 Å². The van der Waals surface area contributed by atoms with E-state index >= 15 is 0 Å². The summed E-state index contributed by atoms with van der Waals surface area (Å²) in [5.41, 5.74) is 1.70. The third-order valence-corrected chi connectivity index (χ3v) is 5.59. The minimum absolute atomic E-state index is 0.103. The van der Waals surface area contributed by atoms with Crippen LogP contribution in [0.5, 0.6) is 0 Å². The maximum Gasteiger partial charge on any atom is 0.316 e. The number of aryl methyl sites for hydroxylation is 1. The summed E-state index contributed by atoms with van der Waals surface area (Å²) in [4.78, 5) is 28.1. The van der Waals surface area contributed by atoms with Gasteiger partial charge < -0.3 is 15.2 Å². The molecule has 13 heteroatoms. The number of nitrogens with one attached hydrogen (secondary N) is 2. The zero-order chi connectivity index (χ0) is 21.0. The van der Waals surface area contributed by atoms with Gasteiger partial charge in [-0.15, -0.1) is 0 Å². The van der Waals surface area contributed by atoms with Crippen molar-refractivity contribution in [2.75, 3.05) is 13.1 Å². The number of hydrogen-bond donors (Lipinski definition) is 2. The minimum atomic E-state index is -0.504. The van der Waals surface area contributed by atoms with Crippen molar-refractivity contribution in [3.05, 3.63) is 43.5 Å². The number of carbonyl (C=O) groups is 2. The molecule has 0 aliphatic rings. The predicted molar refractivity (Wildman–Crippen MR) is 113 cm³/mol.